The maximum absolute atomic E-state index is 13.3. The Morgan fingerprint density at radius 3 is 2.81 bits per heavy atom. The topological polar surface area (TPSA) is 66.0 Å². The molecular weight excluding hydrogens is 269 g/mol. The van der Waals surface area contributed by atoms with Crippen molar-refractivity contribution in [2.75, 3.05) is 5.32 Å². The summed E-state index contributed by atoms with van der Waals surface area (Å²) in [4.78, 5) is 4.39. The zero-order valence-corrected chi connectivity index (χ0v) is 11.6. The number of nitrogens with one attached hydrogen (secondary N) is 1. The minimum absolute atomic E-state index is 0.00564. The Kier molecular flexibility index (Phi) is 3.03. The number of hydrogen-bond donors (Lipinski definition) is 1. The molecule has 0 saturated heterocycles. The molecule has 1 N–H and O–H groups in total. The number of aryl methyl sites for hydroxylation is 2. The highest BCUT2D eigenvalue weighted by atomic mass is 19.1. The third-order valence-corrected chi connectivity index (χ3v) is 3.09. The van der Waals surface area contributed by atoms with E-state index in [2.05, 4.69) is 15.4 Å². The highest BCUT2D eigenvalue weighted by Gasteiger charge is 2.08. The molecule has 0 bridgehead atoms. The van der Waals surface area contributed by atoms with E-state index < -0.39 is 5.82 Å². The van der Waals surface area contributed by atoms with Gasteiger partial charge in [0.15, 0.2) is 11.5 Å². The number of anilines is 2. The molecule has 0 aliphatic heterocycles. The summed E-state index contributed by atoms with van der Waals surface area (Å²) in [5.74, 6) is 0.0536. The van der Waals surface area contributed by atoms with Gasteiger partial charge < -0.3 is 5.32 Å². The molecular formula is C15H12FN5. The molecule has 0 unspecified atom stereocenters. The van der Waals surface area contributed by atoms with Crippen molar-refractivity contribution in [1.29, 1.82) is 5.26 Å². The van der Waals surface area contributed by atoms with Crippen LogP contribution in [-0.2, 0) is 0 Å². The minimum atomic E-state index is -0.536. The van der Waals surface area contributed by atoms with Crippen molar-refractivity contribution in [1.82, 2.24) is 14.6 Å². The van der Waals surface area contributed by atoms with Crippen LogP contribution >= 0.6 is 0 Å². The van der Waals surface area contributed by atoms with E-state index in [1.54, 1.807) is 16.6 Å². The Labute approximate surface area is 120 Å². The van der Waals surface area contributed by atoms with Gasteiger partial charge in [0.05, 0.1) is 5.56 Å². The van der Waals surface area contributed by atoms with Crippen LogP contribution in [0.4, 0.5) is 15.9 Å². The van der Waals surface area contributed by atoms with E-state index in [9.17, 15) is 4.39 Å². The summed E-state index contributed by atoms with van der Waals surface area (Å²) in [6.07, 6.45) is 0. The Bertz CT molecular complexity index is 876. The lowest BCUT2D eigenvalue weighted by atomic mass is 10.2. The van der Waals surface area contributed by atoms with E-state index in [0.717, 1.165) is 17.0 Å². The van der Waals surface area contributed by atoms with Crippen molar-refractivity contribution < 1.29 is 4.39 Å². The van der Waals surface area contributed by atoms with Gasteiger partial charge in [-0.1, -0.05) is 0 Å². The molecule has 3 aromatic rings. The summed E-state index contributed by atoms with van der Waals surface area (Å²) in [5, 5.41) is 16.3. The molecule has 0 saturated carbocycles. The van der Waals surface area contributed by atoms with Gasteiger partial charge in [-0.3, -0.25) is 0 Å². The first-order valence-corrected chi connectivity index (χ1v) is 6.37. The van der Waals surface area contributed by atoms with Crippen LogP contribution in [0.25, 0.3) is 5.65 Å². The molecule has 0 radical (unpaired) electrons. The molecule has 0 fully saturated rings. The largest absolute Gasteiger partial charge is 0.339 e. The molecule has 21 heavy (non-hydrogen) atoms. The van der Waals surface area contributed by atoms with Crippen molar-refractivity contribution >= 4 is 17.2 Å². The highest BCUT2D eigenvalue weighted by molar-refractivity contribution is 5.62. The van der Waals surface area contributed by atoms with Gasteiger partial charge in [0.25, 0.3) is 0 Å². The molecule has 3 rings (SSSR count). The summed E-state index contributed by atoms with van der Waals surface area (Å²) < 4.78 is 15.0. The summed E-state index contributed by atoms with van der Waals surface area (Å²) in [7, 11) is 0. The fourth-order valence-electron chi connectivity index (χ4n) is 2.18. The number of benzene rings is 1. The monoisotopic (exact) mass is 281 g/mol. The van der Waals surface area contributed by atoms with E-state index in [1.807, 2.05) is 26.0 Å². The maximum Gasteiger partial charge on any atom is 0.157 e. The van der Waals surface area contributed by atoms with Crippen molar-refractivity contribution in [3.63, 3.8) is 0 Å². The summed E-state index contributed by atoms with van der Waals surface area (Å²) >= 11 is 0. The van der Waals surface area contributed by atoms with Crippen LogP contribution in [0.5, 0.6) is 0 Å². The Morgan fingerprint density at radius 1 is 1.24 bits per heavy atom. The van der Waals surface area contributed by atoms with Crippen molar-refractivity contribution in [3.05, 3.63) is 53.1 Å². The van der Waals surface area contributed by atoms with E-state index in [-0.39, 0.29) is 5.56 Å². The normalized spacial score (nSPS) is 10.6. The average Bonchev–Trinajstić information content (AvgIpc) is 2.83. The molecule has 5 nitrogen and oxygen atoms in total. The number of hydrogen-bond acceptors (Lipinski definition) is 4. The van der Waals surface area contributed by atoms with Crippen molar-refractivity contribution in [2.24, 2.45) is 0 Å². The van der Waals surface area contributed by atoms with Crippen molar-refractivity contribution in [3.8, 4) is 6.07 Å². The van der Waals surface area contributed by atoms with E-state index >= 15 is 0 Å². The standard InChI is InChI=1S/C15H12FN5/c1-9-5-10(2)21-15(18-9)7-14(20-21)19-12-3-4-13(16)11(6-12)8-17/h3-7H,1-2H3,(H,19,20). The number of fused-ring (bicyclic) bond motifs is 1. The summed E-state index contributed by atoms with van der Waals surface area (Å²) in [6, 6.07) is 9.82. The molecule has 2 aromatic heterocycles. The van der Waals surface area contributed by atoms with E-state index in [4.69, 9.17) is 5.26 Å². The molecule has 1 aromatic carbocycles. The molecule has 0 amide bonds. The van der Waals surface area contributed by atoms with E-state index in [0.29, 0.717) is 11.5 Å². The molecule has 0 aliphatic carbocycles. The van der Waals surface area contributed by atoms with Gasteiger partial charge >= 0.3 is 0 Å². The minimum Gasteiger partial charge on any atom is -0.339 e. The number of rotatable bonds is 2. The second-order valence-corrected chi connectivity index (χ2v) is 4.77. The van der Waals surface area contributed by atoms with Crippen molar-refractivity contribution in [2.45, 2.75) is 13.8 Å². The van der Waals surface area contributed by atoms with Crippen LogP contribution in [-0.4, -0.2) is 14.6 Å². The lowest BCUT2D eigenvalue weighted by Crippen LogP contribution is -1.98. The number of halogens is 1. The Hall–Kier alpha value is -2.94. The SMILES string of the molecule is Cc1cc(C)n2nc(Nc3ccc(F)c(C#N)c3)cc2n1. The first kappa shape index (κ1) is 13.1. The lowest BCUT2D eigenvalue weighted by molar-refractivity contribution is 0.624. The van der Waals surface area contributed by atoms with Crippen LogP contribution in [0.15, 0.2) is 30.3 Å². The number of nitriles is 1. The number of aromatic nitrogens is 3. The van der Waals surface area contributed by atoms with E-state index in [1.165, 1.54) is 12.1 Å². The lowest BCUT2D eigenvalue weighted by Gasteiger charge is -2.03. The van der Waals surface area contributed by atoms with Gasteiger partial charge in [0.1, 0.15) is 11.9 Å². The van der Waals surface area contributed by atoms with Gasteiger partial charge in [-0.05, 0) is 38.1 Å². The molecule has 6 heteroatoms. The predicted molar refractivity (Wildman–Crippen MR) is 76.9 cm³/mol. The Morgan fingerprint density at radius 2 is 2.05 bits per heavy atom. The molecule has 0 atom stereocenters. The Balaban J connectivity index is 1.99. The molecule has 0 aliphatic rings. The third kappa shape index (κ3) is 2.41. The van der Waals surface area contributed by atoms with Crippen LogP contribution < -0.4 is 5.32 Å². The van der Waals surface area contributed by atoms with Crippen LogP contribution in [0.2, 0.25) is 0 Å². The maximum atomic E-state index is 13.3. The van der Waals surface area contributed by atoms with Gasteiger partial charge in [-0.25, -0.2) is 13.9 Å². The van der Waals surface area contributed by atoms with Gasteiger partial charge in [-0.15, -0.1) is 5.10 Å². The molecule has 104 valence electrons. The first-order chi connectivity index (χ1) is 10.1. The average molecular weight is 281 g/mol. The van der Waals surface area contributed by atoms with Crippen LogP contribution in [0, 0.1) is 31.0 Å². The van der Waals surface area contributed by atoms with Crippen LogP contribution in [0.3, 0.4) is 0 Å². The number of nitrogens with zero attached hydrogens (tertiary/aromatic N) is 4. The molecule has 0 spiro atoms. The first-order valence-electron chi connectivity index (χ1n) is 6.37. The fourth-order valence-corrected chi connectivity index (χ4v) is 2.18. The summed E-state index contributed by atoms with van der Waals surface area (Å²) in [5.41, 5.74) is 3.22. The second-order valence-electron chi connectivity index (χ2n) is 4.77. The third-order valence-electron chi connectivity index (χ3n) is 3.09. The van der Waals surface area contributed by atoms with Gasteiger partial charge in [0, 0.05) is 23.1 Å². The second kappa shape index (κ2) is 4.87. The zero-order chi connectivity index (χ0) is 15.0. The quantitative estimate of drug-likeness (QED) is 0.783. The molecule has 2 heterocycles. The zero-order valence-electron chi connectivity index (χ0n) is 11.6. The van der Waals surface area contributed by atoms with Gasteiger partial charge in [0.2, 0.25) is 0 Å². The fraction of sp³-hybridized carbons (Fsp3) is 0.133. The van der Waals surface area contributed by atoms with Crippen LogP contribution in [0.1, 0.15) is 17.0 Å². The highest BCUT2D eigenvalue weighted by Crippen LogP contribution is 2.20. The summed E-state index contributed by atoms with van der Waals surface area (Å²) in [6.45, 7) is 3.87. The van der Waals surface area contributed by atoms with Gasteiger partial charge in [-0.2, -0.15) is 5.26 Å². The predicted octanol–water partition coefficient (Wildman–Crippen LogP) is 3.10. The smallest absolute Gasteiger partial charge is 0.157 e.